The van der Waals surface area contributed by atoms with Crippen molar-refractivity contribution in [2.45, 2.75) is 136 Å². The summed E-state index contributed by atoms with van der Waals surface area (Å²) in [5, 5.41) is 39.0. The van der Waals surface area contributed by atoms with Gasteiger partial charge < -0.3 is 47.4 Å². The third-order valence-corrected chi connectivity index (χ3v) is 9.77. The van der Waals surface area contributed by atoms with Crippen LogP contribution in [0.25, 0.3) is 0 Å². The molecule has 1 aromatic carbocycles. The summed E-state index contributed by atoms with van der Waals surface area (Å²) in [6.07, 6.45) is 0.560. The number of carbonyl (C=O) groups is 8. The first-order chi connectivity index (χ1) is 27.1. The fourth-order valence-corrected chi connectivity index (χ4v) is 6.31. The van der Waals surface area contributed by atoms with E-state index in [0.717, 1.165) is 0 Å². The molecule has 2 unspecified atom stereocenters. The summed E-state index contributed by atoms with van der Waals surface area (Å²) >= 11 is 1.47. The van der Waals surface area contributed by atoms with Crippen LogP contribution in [0.1, 0.15) is 87.1 Å². The van der Waals surface area contributed by atoms with Gasteiger partial charge in [-0.15, -0.1) is 0 Å². The van der Waals surface area contributed by atoms with E-state index in [1.54, 1.807) is 58.0 Å². The predicted octanol–water partition coefficient (Wildman–Crippen LogP) is 0.629. The summed E-state index contributed by atoms with van der Waals surface area (Å²) in [6.45, 7) is 14.7. The molecular formula is C40H65N7O10S. The highest BCUT2D eigenvalue weighted by molar-refractivity contribution is 7.98. The number of hydrogen-bond donors (Lipinski definition) is 9. The Balaban J connectivity index is 2.94. The molecule has 0 heterocycles. The molecule has 9 N–H and O–H groups in total. The van der Waals surface area contributed by atoms with Gasteiger partial charge >= 0.3 is 5.97 Å². The highest BCUT2D eigenvalue weighted by Gasteiger charge is 2.33. The Hall–Kier alpha value is -4.71. The maximum atomic E-state index is 13.6. The van der Waals surface area contributed by atoms with Gasteiger partial charge in [0.05, 0.1) is 18.6 Å². The lowest BCUT2D eigenvalue weighted by atomic mass is 9.96. The molecule has 0 radical (unpaired) electrons. The lowest BCUT2D eigenvalue weighted by Crippen LogP contribution is -2.58. The number of aliphatic hydroxyl groups is 1. The van der Waals surface area contributed by atoms with Crippen LogP contribution < -0.4 is 37.2 Å². The Morgan fingerprint density at radius 1 is 0.638 bits per heavy atom. The molecule has 0 saturated carbocycles. The van der Waals surface area contributed by atoms with E-state index in [0.29, 0.717) is 11.3 Å². The van der Waals surface area contributed by atoms with Gasteiger partial charge in [-0.3, -0.25) is 33.6 Å². The summed E-state index contributed by atoms with van der Waals surface area (Å²) in [7, 11) is 0. The summed E-state index contributed by atoms with van der Waals surface area (Å²) in [4.78, 5) is 103. The lowest BCUT2D eigenvalue weighted by molar-refractivity contribution is -0.142. The van der Waals surface area contributed by atoms with Crippen molar-refractivity contribution in [2.24, 2.45) is 17.8 Å². The molecule has 1 aromatic rings. The topological polar surface area (TPSA) is 261 Å². The highest BCUT2D eigenvalue weighted by Crippen LogP contribution is 2.14. The number of rotatable bonds is 25. The first-order valence-corrected chi connectivity index (χ1v) is 21.0. The number of thioether (sulfide) groups is 1. The van der Waals surface area contributed by atoms with E-state index in [2.05, 4.69) is 37.2 Å². The van der Waals surface area contributed by atoms with Gasteiger partial charge in [-0.1, -0.05) is 71.9 Å². The van der Waals surface area contributed by atoms with Crippen LogP contribution in [0.2, 0.25) is 0 Å². The number of aliphatic hydroxyl groups excluding tert-OH is 1. The summed E-state index contributed by atoms with van der Waals surface area (Å²) in [5.74, 6) is -5.81. The molecular weight excluding hydrogens is 771 g/mol. The van der Waals surface area contributed by atoms with Gasteiger partial charge in [0, 0.05) is 13.3 Å². The smallest absolute Gasteiger partial charge is 0.326 e. The van der Waals surface area contributed by atoms with Gasteiger partial charge in [-0.05, 0) is 62.0 Å². The second-order valence-electron chi connectivity index (χ2n) is 15.6. The number of amides is 7. The van der Waals surface area contributed by atoms with E-state index >= 15 is 0 Å². The zero-order valence-corrected chi connectivity index (χ0v) is 36.2. The zero-order chi connectivity index (χ0) is 44.3. The van der Waals surface area contributed by atoms with Crippen LogP contribution in [0.15, 0.2) is 30.3 Å². The van der Waals surface area contributed by atoms with Gasteiger partial charge in [0.25, 0.3) is 0 Å². The fourth-order valence-electron chi connectivity index (χ4n) is 5.84. The molecule has 1 rings (SSSR count). The predicted molar refractivity (Wildman–Crippen MR) is 221 cm³/mol. The number of nitrogens with one attached hydrogen (secondary N) is 7. The van der Waals surface area contributed by atoms with Crippen molar-refractivity contribution in [3.05, 3.63) is 35.9 Å². The van der Waals surface area contributed by atoms with E-state index in [-0.39, 0.29) is 31.1 Å². The average molecular weight is 836 g/mol. The first kappa shape index (κ1) is 51.3. The fraction of sp³-hybridized carbons (Fsp3) is 0.650. The van der Waals surface area contributed by atoms with Gasteiger partial charge in [0.15, 0.2) is 0 Å². The van der Waals surface area contributed by atoms with E-state index in [9.17, 15) is 48.6 Å². The van der Waals surface area contributed by atoms with Crippen LogP contribution in [-0.4, -0.2) is 118 Å². The third-order valence-electron chi connectivity index (χ3n) is 9.13. The van der Waals surface area contributed by atoms with E-state index in [1.165, 1.54) is 32.5 Å². The second-order valence-corrected chi connectivity index (χ2v) is 16.6. The summed E-state index contributed by atoms with van der Waals surface area (Å²) in [5.41, 5.74) is 0.695. The van der Waals surface area contributed by atoms with Crippen LogP contribution in [0.4, 0.5) is 0 Å². The minimum Gasteiger partial charge on any atom is -0.480 e. The molecule has 17 nitrogen and oxygen atoms in total. The van der Waals surface area contributed by atoms with Crippen molar-refractivity contribution < 1.29 is 48.6 Å². The molecule has 18 heteroatoms. The van der Waals surface area contributed by atoms with Crippen molar-refractivity contribution in [1.29, 1.82) is 0 Å². The van der Waals surface area contributed by atoms with Gasteiger partial charge in [-0.2, -0.15) is 11.8 Å². The normalized spacial score (nSPS) is 15.4. The van der Waals surface area contributed by atoms with Gasteiger partial charge in [0.1, 0.15) is 36.3 Å². The molecule has 0 fully saturated rings. The zero-order valence-electron chi connectivity index (χ0n) is 35.3. The van der Waals surface area contributed by atoms with Gasteiger partial charge in [0.2, 0.25) is 41.4 Å². The Labute approximate surface area is 346 Å². The van der Waals surface area contributed by atoms with Crippen LogP contribution in [0.5, 0.6) is 0 Å². The largest absolute Gasteiger partial charge is 0.480 e. The Morgan fingerprint density at radius 2 is 1.14 bits per heavy atom. The van der Waals surface area contributed by atoms with Crippen LogP contribution in [-0.2, 0) is 44.8 Å². The quantitative estimate of drug-likeness (QED) is 0.0660. The number of benzene rings is 1. The number of aliphatic carboxylic acids is 1. The van der Waals surface area contributed by atoms with Crippen molar-refractivity contribution >= 4 is 59.1 Å². The molecule has 8 atom stereocenters. The highest BCUT2D eigenvalue weighted by atomic mass is 32.2. The van der Waals surface area contributed by atoms with Crippen molar-refractivity contribution in [3.8, 4) is 0 Å². The number of carboxylic acids is 1. The monoisotopic (exact) mass is 835 g/mol. The van der Waals surface area contributed by atoms with Crippen molar-refractivity contribution in [2.75, 3.05) is 12.0 Å². The molecule has 0 aliphatic heterocycles. The standard InChI is InChI=1S/C40H65N7O10S/c1-21(2)18-29(45-37(53)28(16-17-58-10)44-39(55)33(22(3)4)43-26(9)48)31(49)20-32(50)47-34(23(5)6)38(54)42-24(7)35(51)41-25(8)36(52)46-30(40(56)57)19-27-14-12-11-13-15-27/h11-15,21-25,28-31,33-34,49H,16-20H2,1-10H3,(H,41,51)(H,42,54)(H,43,48)(H,44,55)(H,45,53)(H,46,52)(H,47,50)(H,56,57)/t24-,25-,28-,29?,30-,31?,33-,34-/m0/s1. The summed E-state index contributed by atoms with van der Waals surface area (Å²) in [6, 6.07) is 1.28. The number of carbonyl (C=O) groups excluding carboxylic acids is 7. The third kappa shape index (κ3) is 18.7. The molecule has 0 saturated heterocycles. The average Bonchev–Trinajstić information content (AvgIpc) is 3.13. The molecule has 58 heavy (non-hydrogen) atoms. The minimum absolute atomic E-state index is 0.0177. The molecule has 0 aliphatic carbocycles. The van der Waals surface area contributed by atoms with Crippen molar-refractivity contribution in [3.63, 3.8) is 0 Å². The number of carboxylic acid groups (broad SMARTS) is 1. The van der Waals surface area contributed by atoms with E-state index in [4.69, 9.17) is 0 Å². The molecule has 0 spiro atoms. The first-order valence-electron chi connectivity index (χ1n) is 19.6. The summed E-state index contributed by atoms with van der Waals surface area (Å²) < 4.78 is 0. The molecule has 326 valence electrons. The Bertz CT molecular complexity index is 1540. The van der Waals surface area contributed by atoms with Crippen LogP contribution in [0, 0.1) is 17.8 Å². The van der Waals surface area contributed by atoms with E-state index < -0.39 is 108 Å². The molecule has 7 amide bonds. The molecule has 0 aliphatic rings. The van der Waals surface area contributed by atoms with Crippen LogP contribution in [0.3, 0.4) is 0 Å². The van der Waals surface area contributed by atoms with Gasteiger partial charge in [-0.25, -0.2) is 4.79 Å². The van der Waals surface area contributed by atoms with E-state index in [1.807, 2.05) is 20.1 Å². The minimum atomic E-state index is -1.38. The van der Waals surface area contributed by atoms with Crippen LogP contribution >= 0.6 is 11.8 Å². The maximum Gasteiger partial charge on any atom is 0.326 e. The SMILES string of the molecule is CSCC[C@H](NC(=O)[C@@H](NC(C)=O)C(C)C)C(=O)NC(CC(C)C)C(O)CC(=O)N[C@H](C(=O)N[C@@H](C)C(=O)N[C@@H](C)C(=O)N[C@@H](Cc1ccccc1)C(=O)O)C(C)C. The second kappa shape index (κ2) is 25.6. The maximum absolute atomic E-state index is 13.6. The Morgan fingerprint density at radius 3 is 1.64 bits per heavy atom. The van der Waals surface area contributed by atoms with Crippen molar-refractivity contribution in [1.82, 2.24) is 37.2 Å². The number of hydrogen-bond acceptors (Lipinski definition) is 10. The molecule has 0 bridgehead atoms. The Kier molecular flexibility index (Phi) is 22.7. The lowest BCUT2D eigenvalue weighted by Gasteiger charge is -2.30. The molecule has 0 aromatic heterocycles.